The predicted octanol–water partition coefficient (Wildman–Crippen LogP) is 5.73. The lowest BCUT2D eigenvalue weighted by atomic mass is 9.86. The zero-order chi connectivity index (χ0) is 17.2. The lowest BCUT2D eigenvalue weighted by Crippen LogP contribution is -2.10. The van der Waals surface area contributed by atoms with Crippen molar-refractivity contribution in [3.63, 3.8) is 0 Å². The first kappa shape index (κ1) is 16.5. The summed E-state index contributed by atoms with van der Waals surface area (Å²) in [5.74, 6) is 0. The van der Waals surface area contributed by atoms with E-state index in [9.17, 15) is 5.11 Å². The molecule has 0 aromatic heterocycles. The predicted molar refractivity (Wildman–Crippen MR) is 101 cm³/mol. The molecule has 0 spiro atoms. The van der Waals surface area contributed by atoms with Gasteiger partial charge in [0.15, 0.2) is 0 Å². The summed E-state index contributed by atoms with van der Waals surface area (Å²) < 4.78 is 0. The second-order valence-electron chi connectivity index (χ2n) is 7.26. The number of hydrogen-bond donors (Lipinski definition) is 1. The fourth-order valence-electron chi connectivity index (χ4n) is 2.85. The van der Waals surface area contributed by atoms with Crippen LogP contribution in [-0.2, 0) is 5.41 Å². The molecule has 0 saturated heterocycles. The Morgan fingerprint density at radius 1 is 0.625 bits per heavy atom. The van der Waals surface area contributed by atoms with Crippen molar-refractivity contribution in [1.29, 1.82) is 0 Å². The first-order valence-electron chi connectivity index (χ1n) is 8.39. The Bertz CT molecular complexity index is 778. The van der Waals surface area contributed by atoms with Gasteiger partial charge in [0.2, 0.25) is 0 Å². The molecule has 1 heteroatoms. The van der Waals surface area contributed by atoms with Gasteiger partial charge in [0.05, 0.1) is 0 Å². The van der Waals surface area contributed by atoms with E-state index in [2.05, 4.69) is 57.2 Å². The Hall–Kier alpha value is -2.38. The van der Waals surface area contributed by atoms with E-state index in [0.717, 1.165) is 11.1 Å². The monoisotopic (exact) mass is 316 g/mol. The van der Waals surface area contributed by atoms with Crippen LogP contribution in [0.4, 0.5) is 0 Å². The molecule has 3 aromatic rings. The third kappa shape index (κ3) is 3.58. The van der Waals surface area contributed by atoms with Crippen molar-refractivity contribution in [2.75, 3.05) is 0 Å². The minimum absolute atomic E-state index is 0.169. The van der Waals surface area contributed by atoms with Gasteiger partial charge in [-0.1, -0.05) is 99.6 Å². The average Bonchev–Trinajstić information content (AvgIpc) is 2.61. The number of rotatable bonds is 3. The van der Waals surface area contributed by atoms with Gasteiger partial charge in [-0.05, 0) is 33.2 Å². The fourth-order valence-corrected chi connectivity index (χ4v) is 2.85. The van der Waals surface area contributed by atoms with Gasteiger partial charge in [-0.15, -0.1) is 0 Å². The van der Waals surface area contributed by atoms with E-state index < -0.39 is 6.10 Å². The Morgan fingerprint density at radius 3 is 1.58 bits per heavy atom. The standard InChI is InChI=1S/C23H24O/c1-23(2,3)21-15-13-18(14-16-21)17-9-11-20(12-10-17)22(24)19-7-5-4-6-8-19/h4-16,22,24H,1-3H3. The van der Waals surface area contributed by atoms with E-state index in [1.165, 1.54) is 16.7 Å². The van der Waals surface area contributed by atoms with Crippen molar-refractivity contribution >= 4 is 0 Å². The first-order valence-corrected chi connectivity index (χ1v) is 8.39. The van der Waals surface area contributed by atoms with Gasteiger partial charge < -0.3 is 5.11 Å². The summed E-state index contributed by atoms with van der Waals surface area (Å²) in [5.41, 5.74) is 5.70. The summed E-state index contributed by atoms with van der Waals surface area (Å²) >= 11 is 0. The second-order valence-corrected chi connectivity index (χ2v) is 7.26. The van der Waals surface area contributed by atoms with E-state index >= 15 is 0 Å². The molecule has 1 atom stereocenters. The zero-order valence-corrected chi connectivity index (χ0v) is 14.5. The summed E-state index contributed by atoms with van der Waals surface area (Å²) in [7, 11) is 0. The smallest absolute Gasteiger partial charge is 0.104 e. The molecule has 0 radical (unpaired) electrons. The second kappa shape index (κ2) is 6.62. The Balaban J connectivity index is 1.82. The highest BCUT2D eigenvalue weighted by molar-refractivity contribution is 5.64. The lowest BCUT2D eigenvalue weighted by Gasteiger charge is -2.19. The van der Waals surface area contributed by atoms with Crippen LogP contribution in [0.15, 0.2) is 78.9 Å². The summed E-state index contributed by atoms with van der Waals surface area (Å²) in [6, 6.07) is 26.6. The molecule has 3 aromatic carbocycles. The van der Waals surface area contributed by atoms with Crippen molar-refractivity contribution in [2.45, 2.75) is 32.3 Å². The van der Waals surface area contributed by atoms with Crippen LogP contribution < -0.4 is 0 Å². The van der Waals surface area contributed by atoms with Crippen LogP contribution in [0.3, 0.4) is 0 Å². The summed E-state index contributed by atoms with van der Waals surface area (Å²) in [6.07, 6.45) is -0.580. The highest BCUT2D eigenvalue weighted by atomic mass is 16.3. The topological polar surface area (TPSA) is 20.2 Å². The molecule has 0 aliphatic rings. The van der Waals surface area contributed by atoms with Crippen molar-refractivity contribution in [1.82, 2.24) is 0 Å². The van der Waals surface area contributed by atoms with E-state index in [0.29, 0.717) is 0 Å². The van der Waals surface area contributed by atoms with Gasteiger partial charge in [0.25, 0.3) is 0 Å². The van der Waals surface area contributed by atoms with E-state index in [4.69, 9.17) is 0 Å². The van der Waals surface area contributed by atoms with E-state index in [-0.39, 0.29) is 5.41 Å². The zero-order valence-electron chi connectivity index (χ0n) is 14.5. The largest absolute Gasteiger partial charge is 0.384 e. The third-order valence-corrected chi connectivity index (χ3v) is 4.43. The molecule has 1 N–H and O–H groups in total. The highest BCUT2D eigenvalue weighted by Crippen LogP contribution is 2.28. The third-order valence-electron chi connectivity index (χ3n) is 4.43. The van der Waals surface area contributed by atoms with E-state index in [1.807, 2.05) is 42.5 Å². The molecule has 0 bridgehead atoms. The fraction of sp³-hybridized carbons (Fsp3) is 0.217. The molecule has 0 aliphatic heterocycles. The molecule has 1 nitrogen and oxygen atoms in total. The molecular weight excluding hydrogens is 292 g/mol. The summed E-state index contributed by atoms with van der Waals surface area (Å²) in [5, 5.41) is 10.5. The lowest BCUT2D eigenvalue weighted by molar-refractivity contribution is 0.220. The van der Waals surface area contributed by atoms with Gasteiger partial charge >= 0.3 is 0 Å². The molecule has 0 heterocycles. The van der Waals surface area contributed by atoms with Crippen molar-refractivity contribution in [3.05, 3.63) is 95.6 Å². The number of aliphatic hydroxyl groups is 1. The summed E-state index contributed by atoms with van der Waals surface area (Å²) in [4.78, 5) is 0. The minimum atomic E-state index is -0.580. The van der Waals surface area contributed by atoms with Gasteiger partial charge in [-0.25, -0.2) is 0 Å². The van der Waals surface area contributed by atoms with Crippen LogP contribution in [0.25, 0.3) is 11.1 Å². The summed E-state index contributed by atoms with van der Waals surface area (Å²) in [6.45, 7) is 6.67. The maximum atomic E-state index is 10.5. The van der Waals surface area contributed by atoms with Crippen molar-refractivity contribution in [2.24, 2.45) is 0 Å². The molecule has 24 heavy (non-hydrogen) atoms. The molecule has 1 unspecified atom stereocenters. The molecular formula is C23H24O. The van der Waals surface area contributed by atoms with Gasteiger partial charge in [-0.3, -0.25) is 0 Å². The number of hydrogen-bond acceptors (Lipinski definition) is 1. The molecule has 0 fully saturated rings. The molecule has 3 rings (SSSR count). The molecule has 0 saturated carbocycles. The van der Waals surface area contributed by atoms with Crippen LogP contribution in [-0.4, -0.2) is 5.11 Å². The molecule has 0 amide bonds. The van der Waals surface area contributed by atoms with Crippen LogP contribution in [0, 0.1) is 0 Å². The first-order chi connectivity index (χ1) is 11.4. The molecule has 122 valence electrons. The van der Waals surface area contributed by atoms with E-state index in [1.54, 1.807) is 0 Å². The van der Waals surface area contributed by atoms with Crippen molar-refractivity contribution < 1.29 is 5.11 Å². The molecule has 0 aliphatic carbocycles. The highest BCUT2D eigenvalue weighted by Gasteiger charge is 2.13. The van der Waals surface area contributed by atoms with Gasteiger partial charge in [-0.2, -0.15) is 0 Å². The Kier molecular flexibility index (Phi) is 4.55. The number of benzene rings is 3. The maximum absolute atomic E-state index is 10.5. The van der Waals surface area contributed by atoms with Crippen LogP contribution >= 0.6 is 0 Å². The average molecular weight is 316 g/mol. The SMILES string of the molecule is CC(C)(C)c1ccc(-c2ccc(C(O)c3ccccc3)cc2)cc1. The number of aliphatic hydroxyl groups excluding tert-OH is 1. The van der Waals surface area contributed by atoms with Crippen LogP contribution in [0.1, 0.15) is 43.6 Å². The maximum Gasteiger partial charge on any atom is 0.104 e. The Labute approximate surface area is 144 Å². The normalized spacial score (nSPS) is 12.8. The Morgan fingerprint density at radius 2 is 1.08 bits per heavy atom. The van der Waals surface area contributed by atoms with Crippen LogP contribution in [0.5, 0.6) is 0 Å². The van der Waals surface area contributed by atoms with Gasteiger partial charge in [0, 0.05) is 0 Å². The van der Waals surface area contributed by atoms with Crippen molar-refractivity contribution in [3.8, 4) is 11.1 Å². The van der Waals surface area contributed by atoms with Gasteiger partial charge in [0.1, 0.15) is 6.10 Å². The van der Waals surface area contributed by atoms with Crippen LogP contribution in [0.2, 0.25) is 0 Å². The quantitative estimate of drug-likeness (QED) is 0.654. The minimum Gasteiger partial charge on any atom is -0.384 e.